The van der Waals surface area contributed by atoms with Crippen LogP contribution in [0.1, 0.15) is 44.0 Å². The van der Waals surface area contributed by atoms with Gasteiger partial charge >= 0.3 is 5.97 Å². The molecule has 1 aliphatic heterocycles. The second kappa shape index (κ2) is 15.2. The molecular formula is C33H35Cl2N3O7S. The zero-order chi connectivity index (χ0) is 33.6. The van der Waals surface area contributed by atoms with Gasteiger partial charge < -0.3 is 30.5 Å². The van der Waals surface area contributed by atoms with Crippen molar-refractivity contribution in [2.24, 2.45) is 5.41 Å². The van der Waals surface area contributed by atoms with Crippen molar-refractivity contribution in [2.45, 2.75) is 44.2 Å². The van der Waals surface area contributed by atoms with Gasteiger partial charge in [-0.1, -0.05) is 68.2 Å². The van der Waals surface area contributed by atoms with E-state index in [2.05, 4.69) is 10.6 Å². The van der Waals surface area contributed by atoms with Crippen molar-refractivity contribution in [3.63, 3.8) is 0 Å². The summed E-state index contributed by atoms with van der Waals surface area (Å²) >= 11 is 13.4. The van der Waals surface area contributed by atoms with E-state index >= 15 is 0 Å². The quantitative estimate of drug-likeness (QED) is 0.183. The summed E-state index contributed by atoms with van der Waals surface area (Å²) in [6.07, 6.45) is -0.787. The van der Waals surface area contributed by atoms with Gasteiger partial charge in [0.05, 0.1) is 18.7 Å². The highest BCUT2D eigenvalue weighted by Gasteiger charge is 2.49. The summed E-state index contributed by atoms with van der Waals surface area (Å²) in [7, 11) is 0. The number of carbonyl (C=O) groups is 4. The van der Waals surface area contributed by atoms with E-state index in [4.69, 9.17) is 27.9 Å². The number of ether oxygens (including phenoxy) is 1. The third-order valence-corrected chi connectivity index (χ3v) is 9.13. The molecular weight excluding hydrogens is 653 g/mol. The molecule has 4 N–H and O–H groups in total. The van der Waals surface area contributed by atoms with E-state index in [0.29, 0.717) is 32.8 Å². The van der Waals surface area contributed by atoms with E-state index in [1.807, 2.05) is 12.1 Å². The van der Waals surface area contributed by atoms with Gasteiger partial charge in [-0.3, -0.25) is 14.4 Å². The summed E-state index contributed by atoms with van der Waals surface area (Å²) in [6.45, 7) is 4.30. The Morgan fingerprint density at radius 3 is 2.09 bits per heavy atom. The number of halogens is 2. The first-order valence-electron chi connectivity index (χ1n) is 14.4. The third-order valence-electron chi connectivity index (χ3n) is 7.29. The van der Waals surface area contributed by atoms with Crippen LogP contribution < -0.4 is 20.3 Å². The molecule has 4 rings (SSSR count). The monoisotopic (exact) mass is 687 g/mol. The Bertz CT molecular complexity index is 1550. The van der Waals surface area contributed by atoms with Gasteiger partial charge in [-0.2, -0.15) is 0 Å². The van der Waals surface area contributed by atoms with E-state index in [0.717, 1.165) is 5.56 Å². The standard InChI is InChI=1S/C33H35Cl2N3O7S/c1-33(2,3)30(32(43)44)37-26(40)16-36-27(41)17-45-24-14-6-20(7-15-24)28-29(31(42)38(28)23-12-10-22(35)11-13-23)46-18-25(39)19-4-8-21(34)9-5-19/h4-15,25,28-30,39H,16-18H2,1-3H3,(H,36,41)(H,37,40)(H,43,44)/t25?,28-,29-,30+/m1/s1. The second-order valence-electron chi connectivity index (χ2n) is 11.8. The first-order chi connectivity index (χ1) is 21.7. The lowest BCUT2D eigenvalue weighted by atomic mass is 9.87. The minimum atomic E-state index is -1.16. The van der Waals surface area contributed by atoms with Crippen LogP contribution >= 0.6 is 35.0 Å². The first kappa shape index (κ1) is 35.1. The summed E-state index contributed by atoms with van der Waals surface area (Å²) in [5, 5.41) is 25.6. The van der Waals surface area contributed by atoms with Crippen molar-refractivity contribution >= 4 is 64.3 Å². The van der Waals surface area contributed by atoms with Crippen molar-refractivity contribution < 1.29 is 34.1 Å². The zero-order valence-electron chi connectivity index (χ0n) is 25.4. The van der Waals surface area contributed by atoms with Crippen LogP contribution in [0, 0.1) is 5.41 Å². The molecule has 1 fully saturated rings. The summed E-state index contributed by atoms with van der Waals surface area (Å²) in [5.74, 6) is -1.76. The molecule has 3 aromatic carbocycles. The second-order valence-corrected chi connectivity index (χ2v) is 13.8. The van der Waals surface area contributed by atoms with E-state index in [1.54, 1.807) is 86.3 Å². The largest absolute Gasteiger partial charge is 0.484 e. The number of hydrogen-bond acceptors (Lipinski definition) is 7. The number of nitrogens with one attached hydrogen (secondary N) is 2. The molecule has 4 atom stereocenters. The Kier molecular flexibility index (Phi) is 11.6. The van der Waals surface area contributed by atoms with Gasteiger partial charge in [0.2, 0.25) is 11.8 Å². The Balaban J connectivity index is 1.37. The molecule has 0 aromatic heterocycles. The van der Waals surface area contributed by atoms with Crippen LogP contribution in [0.5, 0.6) is 5.75 Å². The fraction of sp³-hybridized carbons (Fsp3) is 0.333. The highest BCUT2D eigenvalue weighted by atomic mass is 35.5. The number of amides is 3. The number of β-lactam (4-membered cyclic amide) rings is 1. The summed E-state index contributed by atoms with van der Waals surface area (Å²) in [6, 6.07) is 19.4. The lowest BCUT2D eigenvalue weighted by Crippen LogP contribution is -2.57. The SMILES string of the molecule is CC(C)(C)[C@@H](NC(=O)CNC(=O)COc1ccc([C@@H]2[C@@H](SCC(O)c3ccc(Cl)cc3)C(=O)N2c2ccc(Cl)cc2)cc1)C(=O)O. The molecule has 0 spiro atoms. The number of carbonyl (C=O) groups excluding carboxylic acids is 3. The Morgan fingerprint density at radius 2 is 1.52 bits per heavy atom. The van der Waals surface area contributed by atoms with E-state index in [1.165, 1.54) is 11.8 Å². The molecule has 0 radical (unpaired) electrons. The number of rotatable bonds is 13. The average molecular weight is 689 g/mol. The van der Waals surface area contributed by atoms with Crippen LogP contribution in [0.15, 0.2) is 72.8 Å². The molecule has 0 bridgehead atoms. The van der Waals surface area contributed by atoms with Crippen LogP contribution in [0.3, 0.4) is 0 Å². The van der Waals surface area contributed by atoms with Gasteiger partial charge in [0.15, 0.2) is 6.61 Å². The van der Waals surface area contributed by atoms with Crippen molar-refractivity contribution in [3.05, 3.63) is 94.0 Å². The molecule has 13 heteroatoms. The smallest absolute Gasteiger partial charge is 0.326 e. The molecule has 0 aliphatic carbocycles. The van der Waals surface area contributed by atoms with Crippen LogP contribution in [0.2, 0.25) is 10.0 Å². The average Bonchev–Trinajstić information content (AvgIpc) is 3.01. The third kappa shape index (κ3) is 8.94. The van der Waals surface area contributed by atoms with E-state index < -0.39 is 47.1 Å². The summed E-state index contributed by atoms with van der Waals surface area (Å²) in [4.78, 5) is 51.0. The van der Waals surface area contributed by atoms with Gasteiger partial charge in [0, 0.05) is 21.5 Å². The molecule has 1 unspecified atom stereocenters. The predicted octanol–water partition coefficient (Wildman–Crippen LogP) is 5.03. The maximum absolute atomic E-state index is 13.4. The fourth-order valence-electron chi connectivity index (χ4n) is 4.81. The molecule has 0 saturated carbocycles. The van der Waals surface area contributed by atoms with E-state index in [-0.39, 0.29) is 18.6 Å². The number of anilines is 1. The molecule has 46 heavy (non-hydrogen) atoms. The molecule has 1 heterocycles. The van der Waals surface area contributed by atoms with Gasteiger partial charge in [0.25, 0.3) is 5.91 Å². The number of aliphatic hydroxyl groups excluding tert-OH is 1. The molecule has 10 nitrogen and oxygen atoms in total. The maximum atomic E-state index is 13.4. The van der Waals surface area contributed by atoms with Crippen molar-refractivity contribution in [2.75, 3.05) is 23.8 Å². The number of hydrogen-bond donors (Lipinski definition) is 4. The van der Waals surface area contributed by atoms with Crippen LogP contribution in [0.4, 0.5) is 5.69 Å². The van der Waals surface area contributed by atoms with Gasteiger partial charge in [-0.05, 0) is 65.1 Å². The normalized spacial score (nSPS) is 17.4. The predicted molar refractivity (Wildman–Crippen MR) is 178 cm³/mol. The molecule has 1 saturated heterocycles. The lowest BCUT2D eigenvalue weighted by Gasteiger charge is -2.47. The highest BCUT2D eigenvalue weighted by molar-refractivity contribution is 8.00. The highest BCUT2D eigenvalue weighted by Crippen LogP contribution is 2.46. The number of nitrogens with zero attached hydrogens (tertiary/aromatic N) is 1. The summed E-state index contributed by atoms with van der Waals surface area (Å²) < 4.78 is 5.59. The Morgan fingerprint density at radius 1 is 0.935 bits per heavy atom. The van der Waals surface area contributed by atoms with Gasteiger partial charge in [0.1, 0.15) is 17.0 Å². The number of thioether (sulfide) groups is 1. The number of aliphatic hydroxyl groups is 1. The minimum absolute atomic E-state index is 0.0983. The van der Waals surface area contributed by atoms with Crippen LogP contribution in [-0.2, 0) is 19.2 Å². The van der Waals surface area contributed by atoms with Crippen molar-refractivity contribution in [3.8, 4) is 5.75 Å². The first-order valence-corrected chi connectivity index (χ1v) is 16.2. The maximum Gasteiger partial charge on any atom is 0.326 e. The number of carboxylic acid groups (broad SMARTS) is 1. The zero-order valence-corrected chi connectivity index (χ0v) is 27.7. The number of benzene rings is 3. The topological polar surface area (TPSA) is 145 Å². The lowest BCUT2D eigenvalue weighted by molar-refractivity contribution is -0.144. The molecule has 3 aromatic rings. The van der Waals surface area contributed by atoms with Gasteiger partial charge in [-0.25, -0.2) is 4.79 Å². The molecule has 244 valence electrons. The molecule has 1 aliphatic rings. The Labute approximate surface area is 281 Å². The minimum Gasteiger partial charge on any atom is -0.484 e. The van der Waals surface area contributed by atoms with E-state index in [9.17, 15) is 29.4 Å². The fourth-order valence-corrected chi connectivity index (χ4v) is 6.37. The van der Waals surface area contributed by atoms with Crippen molar-refractivity contribution in [1.29, 1.82) is 0 Å². The Hall–Kier alpha value is -3.77. The van der Waals surface area contributed by atoms with Crippen molar-refractivity contribution in [1.82, 2.24) is 10.6 Å². The molecule has 3 amide bonds. The summed E-state index contributed by atoms with van der Waals surface area (Å²) in [5.41, 5.74) is 1.51. The van der Waals surface area contributed by atoms with Crippen LogP contribution in [-0.4, -0.2) is 64.1 Å². The van der Waals surface area contributed by atoms with Crippen LogP contribution in [0.25, 0.3) is 0 Å². The number of aliphatic carboxylic acids is 1. The van der Waals surface area contributed by atoms with Gasteiger partial charge in [-0.15, -0.1) is 11.8 Å². The number of carboxylic acids is 1.